The lowest BCUT2D eigenvalue weighted by molar-refractivity contribution is -0.0511. The van der Waals surface area contributed by atoms with E-state index < -0.39 is 39.0 Å². The Labute approximate surface area is 186 Å². The number of aromatic nitrogens is 4. The third kappa shape index (κ3) is 4.63. The van der Waals surface area contributed by atoms with Crippen LogP contribution in [0.15, 0.2) is 24.8 Å². The molecule has 3 aromatic rings. The van der Waals surface area contributed by atoms with E-state index in [4.69, 9.17) is 14.5 Å². The zero-order chi connectivity index (χ0) is 23.9. The highest BCUT2D eigenvalue weighted by Gasteiger charge is 2.44. The smallest absolute Gasteiger partial charge is 0.507 e. The van der Waals surface area contributed by atoms with Gasteiger partial charge in [0.05, 0.1) is 12.9 Å². The van der Waals surface area contributed by atoms with Gasteiger partial charge in [-0.3, -0.25) is 14.4 Å². The van der Waals surface area contributed by atoms with Crippen molar-refractivity contribution in [2.45, 2.75) is 38.0 Å². The van der Waals surface area contributed by atoms with Crippen LogP contribution in [0, 0.1) is 6.92 Å². The lowest BCUT2D eigenvalue weighted by Crippen LogP contribution is -2.33. The zero-order valence-corrected chi connectivity index (χ0v) is 18.1. The monoisotopic (exact) mass is 483 g/mol. The molecule has 1 aliphatic heterocycles. The number of phosphoric acid groups is 1. The van der Waals surface area contributed by atoms with Crippen molar-refractivity contribution < 1.29 is 44.0 Å². The fraction of sp³-hybridized carbons (Fsp3) is 0.389. The number of imidazole rings is 1. The first-order valence-corrected chi connectivity index (χ1v) is 11.2. The number of aliphatic hydroxyl groups is 3. The van der Waals surface area contributed by atoms with Crippen LogP contribution in [-0.2, 0) is 15.8 Å². The average Bonchev–Trinajstić information content (AvgIpc) is 3.30. The average molecular weight is 483 g/mol. The quantitative estimate of drug-likeness (QED) is 0.212. The van der Waals surface area contributed by atoms with E-state index in [9.17, 15) is 25.0 Å². The number of rotatable bonds is 7. The highest BCUT2D eigenvalue weighted by molar-refractivity contribution is 7.46. The minimum Gasteiger partial charge on any atom is -0.507 e. The Morgan fingerprint density at radius 2 is 1.97 bits per heavy atom. The SMILES string of the molecule is Cc1cc(OP(=O)(O)O)cc(CNc2ncnc3c2ncn3[C@@H]2O[C@H](CO)[C@@H](O)[C@H]2O)c1O. The van der Waals surface area contributed by atoms with E-state index in [1.54, 1.807) is 6.92 Å². The number of hydrogen-bond acceptors (Lipinski definition) is 11. The molecule has 14 nitrogen and oxygen atoms in total. The number of phenolic OH excluding ortho intramolecular Hbond substituents is 1. The zero-order valence-electron chi connectivity index (χ0n) is 17.2. The summed E-state index contributed by atoms with van der Waals surface area (Å²) in [6.45, 7) is 1.08. The summed E-state index contributed by atoms with van der Waals surface area (Å²) in [6, 6.07) is 2.58. The normalized spacial score (nSPS) is 23.2. The Balaban J connectivity index is 1.60. The number of fused-ring (bicyclic) bond motifs is 1. The predicted octanol–water partition coefficient (Wildman–Crippen LogP) is -0.465. The first-order chi connectivity index (χ1) is 15.6. The second kappa shape index (κ2) is 8.83. The maximum absolute atomic E-state index is 11.1. The number of phenols is 1. The fourth-order valence-electron chi connectivity index (χ4n) is 3.60. The first-order valence-electron chi connectivity index (χ1n) is 9.70. The highest BCUT2D eigenvalue weighted by atomic mass is 31.2. The van der Waals surface area contributed by atoms with Gasteiger partial charge in [-0.05, 0) is 24.6 Å². The van der Waals surface area contributed by atoms with E-state index in [1.807, 2.05) is 0 Å². The molecule has 0 radical (unpaired) electrons. The number of aromatic hydroxyl groups is 1. The van der Waals surface area contributed by atoms with Crippen molar-refractivity contribution in [1.29, 1.82) is 0 Å². The third-order valence-electron chi connectivity index (χ3n) is 5.17. The van der Waals surface area contributed by atoms with Gasteiger partial charge in [0.25, 0.3) is 0 Å². The van der Waals surface area contributed by atoms with Gasteiger partial charge in [-0.25, -0.2) is 19.5 Å². The summed E-state index contributed by atoms with van der Waals surface area (Å²) in [4.78, 5) is 30.6. The van der Waals surface area contributed by atoms with Gasteiger partial charge in [0, 0.05) is 12.1 Å². The van der Waals surface area contributed by atoms with Gasteiger partial charge in [-0.15, -0.1) is 0 Å². The van der Waals surface area contributed by atoms with Crippen LogP contribution in [0.3, 0.4) is 0 Å². The number of hydrogen-bond donors (Lipinski definition) is 7. The second-order valence-electron chi connectivity index (χ2n) is 7.46. The Bertz CT molecular complexity index is 1220. The van der Waals surface area contributed by atoms with Gasteiger partial charge in [-0.1, -0.05) is 0 Å². The Morgan fingerprint density at radius 1 is 1.21 bits per heavy atom. The molecule has 7 N–H and O–H groups in total. The molecule has 0 saturated carbocycles. The van der Waals surface area contributed by atoms with Gasteiger partial charge in [0.1, 0.15) is 36.1 Å². The molecule has 0 bridgehead atoms. The number of ether oxygens (including phenoxy) is 1. The van der Waals surface area contributed by atoms with Gasteiger partial charge in [0.2, 0.25) is 0 Å². The molecule has 33 heavy (non-hydrogen) atoms. The van der Waals surface area contributed by atoms with Crippen molar-refractivity contribution in [3.8, 4) is 11.5 Å². The standard InChI is InChI=1S/C18H22N5O9P/c1-8-2-10(32-33(28,29)30)3-9(13(8)25)4-19-16-12-17(21-6-20-16)23(7-22-12)18-15(27)14(26)11(5-24)31-18/h2-3,6-7,11,14-15,18,24-27H,4-5H2,1H3,(H,19,20,21)(H2,28,29,30)/t11-,14-,15-,18-/m1/s1. The lowest BCUT2D eigenvalue weighted by atomic mass is 10.1. The van der Waals surface area contributed by atoms with Crippen LogP contribution in [0.4, 0.5) is 5.82 Å². The van der Waals surface area contributed by atoms with Gasteiger partial charge < -0.3 is 35.0 Å². The van der Waals surface area contributed by atoms with E-state index in [1.165, 1.54) is 29.4 Å². The molecule has 0 aliphatic carbocycles. The maximum atomic E-state index is 11.1. The van der Waals surface area contributed by atoms with Gasteiger partial charge in [0.15, 0.2) is 23.2 Å². The molecule has 4 rings (SSSR count). The van der Waals surface area contributed by atoms with Crippen molar-refractivity contribution in [3.63, 3.8) is 0 Å². The molecule has 4 atom stereocenters. The summed E-state index contributed by atoms with van der Waals surface area (Å²) in [6.07, 6.45) is -2.01. The predicted molar refractivity (Wildman–Crippen MR) is 111 cm³/mol. The largest absolute Gasteiger partial charge is 0.524 e. The number of benzene rings is 1. The van der Waals surface area contributed by atoms with Crippen LogP contribution in [0.1, 0.15) is 17.4 Å². The Hall–Kier alpha value is -2.84. The van der Waals surface area contributed by atoms with Crippen LogP contribution in [0.5, 0.6) is 11.5 Å². The van der Waals surface area contributed by atoms with Crippen molar-refractivity contribution in [1.82, 2.24) is 19.5 Å². The summed E-state index contributed by atoms with van der Waals surface area (Å²) in [5.41, 5.74) is 1.21. The number of aliphatic hydroxyl groups excluding tert-OH is 3. The summed E-state index contributed by atoms with van der Waals surface area (Å²) in [7, 11) is -4.78. The maximum Gasteiger partial charge on any atom is 0.524 e. The Kier molecular flexibility index (Phi) is 6.24. The van der Waals surface area contributed by atoms with E-state index in [0.717, 1.165) is 0 Å². The van der Waals surface area contributed by atoms with Crippen LogP contribution in [0.25, 0.3) is 11.2 Å². The van der Waals surface area contributed by atoms with Gasteiger partial charge >= 0.3 is 7.82 Å². The van der Waals surface area contributed by atoms with E-state index in [-0.39, 0.29) is 35.1 Å². The van der Waals surface area contributed by atoms with Crippen LogP contribution < -0.4 is 9.84 Å². The number of aryl methyl sites for hydroxylation is 1. The summed E-state index contributed by atoms with van der Waals surface area (Å²) >= 11 is 0. The van der Waals surface area contributed by atoms with E-state index >= 15 is 0 Å². The molecule has 1 aliphatic rings. The number of anilines is 1. The summed E-state index contributed by atoms with van der Waals surface area (Å²) in [5.74, 6) is 0.0590. The molecule has 1 saturated heterocycles. The Morgan fingerprint density at radius 3 is 2.64 bits per heavy atom. The van der Waals surface area contributed by atoms with Crippen molar-refractivity contribution in [2.75, 3.05) is 11.9 Å². The molecule has 0 unspecified atom stereocenters. The first kappa shape index (κ1) is 23.3. The second-order valence-corrected chi connectivity index (χ2v) is 8.62. The molecule has 3 heterocycles. The molecule has 1 aromatic carbocycles. The molecule has 178 valence electrons. The van der Waals surface area contributed by atoms with Crippen molar-refractivity contribution in [2.24, 2.45) is 0 Å². The number of nitrogens with one attached hydrogen (secondary N) is 1. The molecule has 0 spiro atoms. The van der Waals surface area contributed by atoms with Crippen molar-refractivity contribution in [3.05, 3.63) is 35.9 Å². The highest BCUT2D eigenvalue weighted by Crippen LogP contribution is 2.40. The molecule has 2 aromatic heterocycles. The molecular weight excluding hydrogens is 461 g/mol. The van der Waals surface area contributed by atoms with E-state index in [2.05, 4.69) is 24.8 Å². The van der Waals surface area contributed by atoms with Crippen molar-refractivity contribution >= 4 is 24.8 Å². The van der Waals surface area contributed by atoms with E-state index in [0.29, 0.717) is 11.1 Å². The lowest BCUT2D eigenvalue weighted by Gasteiger charge is -2.16. The minimum atomic E-state index is -4.78. The number of nitrogens with zero attached hydrogens (tertiary/aromatic N) is 4. The minimum absolute atomic E-state index is 0.00212. The molecule has 0 amide bonds. The molecule has 15 heteroatoms. The van der Waals surface area contributed by atoms with Crippen LogP contribution in [0.2, 0.25) is 0 Å². The third-order valence-corrected chi connectivity index (χ3v) is 5.62. The van der Waals surface area contributed by atoms with Crippen LogP contribution in [-0.4, -0.2) is 74.7 Å². The molecular formula is C18H22N5O9P. The molecule has 1 fully saturated rings. The van der Waals surface area contributed by atoms with Gasteiger partial charge in [-0.2, -0.15) is 0 Å². The summed E-state index contributed by atoms with van der Waals surface area (Å²) < 4.78 is 22.7. The fourth-order valence-corrected chi connectivity index (χ4v) is 3.98. The number of phosphoric ester groups is 1. The van der Waals surface area contributed by atoms with Crippen LogP contribution >= 0.6 is 7.82 Å². The topological polar surface area (TPSA) is 213 Å². The summed E-state index contributed by atoms with van der Waals surface area (Å²) in [5, 5.41) is 42.9.